The second kappa shape index (κ2) is 4.84. The molecule has 1 amide bonds. The number of H-pyrrole nitrogens is 1. The van der Waals surface area contributed by atoms with E-state index in [1.807, 2.05) is 12.1 Å². The first-order chi connectivity index (χ1) is 9.24. The van der Waals surface area contributed by atoms with E-state index in [4.69, 9.17) is 0 Å². The standard InChI is InChI=1S/C14H16N4O/c1-18(8-13-15-9-16-17-13)14(19)12-6-5-10-3-2-4-11(10)7-12/h5-7,9H,2-4,8H2,1H3,(H,15,16,17). The van der Waals surface area contributed by atoms with Gasteiger partial charge in [-0.1, -0.05) is 6.07 Å². The summed E-state index contributed by atoms with van der Waals surface area (Å²) in [4.78, 5) is 18.0. The van der Waals surface area contributed by atoms with Gasteiger partial charge in [0.05, 0.1) is 6.54 Å². The summed E-state index contributed by atoms with van der Waals surface area (Å²) in [5.74, 6) is 0.711. The molecular weight excluding hydrogens is 240 g/mol. The number of hydrogen-bond donors (Lipinski definition) is 1. The van der Waals surface area contributed by atoms with E-state index in [0.29, 0.717) is 12.4 Å². The van der Waals surface area contributed by atoms with Gasteiger partial charge in [-0.15, -0.1) is 0 Å². The lowest BCUT2D eigenvalue weighted by atomic mass is 10.1. The third kappa shape index (κ3) is 2.36. The molecule has 1 aromatic carbocycles. The molecule has 98 valence electrons. The SMILES string of the molecule is CN(Cc1ncn[nH]1)C(=O)c1ccc2c(c1)CCC2. The second-order valence-electron chi connectivity index (χ2n) is 4.93. The van der Waals surface area contributed by atoms with Crippen molar-refractivity contribution in [3.05, 3.63) is 47.0 Å². The highest BCUT2D eigenvalue weighted by molar-refractivity contribution is 5.94. The van der Waals surface area contributed by atoms with Crippen molar-refractivity contribution >= 4 is 5.91 Å². The molecule has 0 fully saturated rings. The maximum absolute atomic E-state index is 12.3. The first-order valence-electron chi connectivity index (χ1n) is 6.45. The minimum atomic E-state index is 0.0195. The Labute approximate surface area is 111 Å². The molecule has 2 aromatic rings. The van der Waals surface area contributed by atoms with Crippen LogP contribution in [0.25, 0.3) is 0 Å². The van der Waals surface area contributed by atoms with E-state index in [2.05, 4.69) is 21.2 Å². The number of fused-ring (bicyclic) bond motifs is 1. The highest BCUT2D eigenvalue weighted by Crippen LogP contribution is 2.23. The van der Waals surface area contributed by atoms with E-state index < -0.39 is 0 Å². The number of nitrogens with zero attached hydrogens (tertiary/aromatic N) is 3. The molecule has 19 heavy (non-hydrogen) atoms. The molecule has 0 aliphatic heterocycles. The van der Waals surface area contributed by atoms with E-state index >= 15 is 0 Å². The molecule has 5 nitrogen and oxygen atoms in total. The van der Waals surface area contributed by atoms with Gasteiger partial charge in [0.1, 0.15) is 12.2 Å². The predicted molar refractivity (Wildman–Crippen MR) is 70.6 cm³/mol. The number of nitrogens with one attached hydrogen (secondary N) is 1. The Bertz CT molecular complexity index is 591. The van der Waals surface area contributed by atoms with Gasteiger partial charge in [-0.05, 0) is 42.5 Å². The van der Waals surface area contributed by atoms with E-state index in [9.17, 15) is 4.79 Å². The zero-order valence-electron chi connectivity index (χ0n) is 10.9. The molecule has 3 rings (SSSR count). The summed E-state index contributed by atoms with van der Waals surface area (Å²) >= 11 is 0. The van der Waals surface area contributed by atoms with Gasteiger partial charge < -0.3 is 4.90 Å². The first-order valence-corrected chi connectivity index (χ1v) is 6.45. The van der Waals surface area contributed by atoms with Crippen LogP contribution in [0.2, 0.25) is 0 Å². The van der Waals surface area contributed by atoms with Crippen LogP contribution >= 0.6 is 0 Å². The largest absolute Gasteiger partial charge is 0.334 e. The summed E-state index contributed by atoms with van der Waals surface area (Å²) in [5.41, 5.74) is 3.45. The number of aryl methyl sites for hydroxylation is 2. The molecule has 1 N–H and O–H groups in total. The molecule has 0 saturated heterocycles. The molecular formula is C14H16N4O. The van der Waals surface area contributed by atoms with Crippen LogP contribution in [0.3, 0.4) is 0 Å². The van der Waals surface area contributed by atoms with E-state index in [-0.39, 0.29) is 5.91 Å². The fourth-order valence-electron chi connectivity index (χ4n) is 2.53. The van der Waals surface area contributed by atoms with Crippen LogP contribution in [-0.2, 0) is 19.4 Å². The quantitative estimate of drug-likeness (QED) is 0.906. The Kier molecular flexibility index (Phi) is 3.03. The minimum Gasteiger partial charge on any atom is -0.334 e. The maximum Gasteiger partial charge on any atom is 0.254 e. The number of carbonyl (C=O) groups is 1. The molecule has 0 atom stereocenters. The zero-order valence-corrected chi connectivity index (χ0v) is 10.9. The minimum absolute atomic E-state index is 0.0195. The lowest BCUT2D eigenvalue weighted by Crippen LogP contribution is -2.26. The molecule has 0 spiro atoms. The molecule has 0 saturated carbocycles. The first kappa shape index (κ1) is 11.9. The monoisotopic (exact) mass is 256 g/mol. The number of carbonyl (C=O) groups excluding carboxylic acids is 1. The number of aromatic nitrogens is 3. The van der Waals surface area contributed by atoms with Crippen molar-refractivity contribution in [3.8, 4) is 0 Å². The van der Waals surface area contributed by atoms with Gasteiger partial charge in [0.25, 0.3) is 5.91 Å². The van der Waals surface area contributed by atoms with Crippen LogP contribution in [0.5, 0.6) is 0 Å². The number of benzene rings is 1. The number of hydrogen-bond acceptors (Lipinski definition) is 3. The Balaban J connectivity index is 1.76. The Morgan fingerprint density at radius 2 is 2.21 bits per heavy atom. The molecule has 1 aliphatic rings. The average molecular weight is 256 g/mol. The van der Waals surface area contributed by atoms with Gasteiger partial charge in [0, 0.05) is 12.6 Å². The van der Waals surface area contributed by atoms with Crippen LogP contribution < -0.4 is 0 Å². The van der Waals surface area contributed by atoms with Gasteiger partial charge in [-0.25, -0.2) is 4.98 Å². The van der Waals surface area contributed by atoms with Crippen molar-refractivity contribution in [2.75, 3.05) is 7.05 Å². The summed E-state index contributed by atoms with van der Waals surface area (Å²) in [6, 6.07) is 6.03. The Morgan fingerprint density at radius 1 is 1.37 bits per heavy atom. The number of amides is 1. The number of aromatic amines is 1. The van der Waals surface area contributed by atoms with Gasteiger partial charge >= 0.3 is 0 Å². The highest BCUT2D eigenvalue weighted by atomic mass is 16.2. The zero-order chi connectivity index (χ0) is 13.2. The van der Waals surface area contributed by atoms with Crippen molar-refractivity contribution in [1.29, 1.82) is 0 Å². The van der Waals surface area contributed by atoms with Gasteiger partial charge in [0.2, 0.25) is 0 Å². The summed E-state index contributed by atoms with van der Waals surface area (Å²) in [6.45, 7) is 0.440. The predicted octanol–water partition coefficient (Wildman–Crippen LogP) is 1.57. The normalized spacial score (nSPS) is 13.3. The second-order valence-corrected chi connectivity index (χ2v) is 4.93. The van der Waals surface area contributed by atoms with Crippen molar-refractivity contribution < 1.29 is 4.79 Å². The smallest absolute Gasteiger partial charge is 0.254 e. The average Bonchev–Trinajstić information content (AvgIpc) is 3.07. The van der Waals surface area contributed by atoms with Gasteiger partial charge in [-0.3, -0.25) is 9.89 Å². The molecule has 0 radical (unpaired) electrons. The van der Waals surface area contributed by atoms with Crippen molar-refractivity contribution in [2.24, 2.45) is 0 Å². The lowest BCUT2D eigenvalue weighted by Gasteiger charge is -2.16. The van der Waals surface area contributed by atoms with Crippen LogP contribution in [0.15, 0.2) is 24.5 Å². The van der Waals surface area contributed by atoms with Gasteiger partial charge in [0.15, 0.2) is 0 Å². The van der Waals surface area contributed by atoms with Crippen LogP contribution in [0.1, 0.15) is 33.7 Å². The van der Waals surface area contributed by atoms with Crippen LogP contribution in [0, 0.1) is 0 Å². The summed E-state index contributed by atoms with van der Waals surface area (Å²) in [5, 5.41) is 6.54. The highest BCUT2D eigenvalue weighted by Gasteiger charge is 2.17. The van der Waals surface area contributed by atoms with E-state index in [1.165, 1.54) is 23.9 Å². The van der Waals surface area contributed by atoms with Crippen molar-refractivity contribution in [1.82, 2.24) is 20.1 Å². The van der Waals surface area contributed by atoms with E-state index in [0.717, 1.165) is 18.4 Å². The molecule has 0 bridgehead atoms. The molecule has 5 heteroatoms. The van der Waals surface area contributed by atoms with Crippen molar-refractivity contribution in [2.45, 2.75) is 25.8 Å². The summed E-state index contributed by atoms with van der Waals surface area (Å²) in [6.07, 6.45) is 4.86. The molecule has 1 aliphatic carbocycles. The third-order valence-electron chi connectivity index (χ3n) is 3.54. The van der Waals surface area contributed by atoms with Gasteiger partial charge in [-0.2, -0.15) is 5.10 Å². The Hall–Kier alpha value is -2.17. The molecule has 0 unspecified atom stereocenters. The molecule has 1 aromatic heterocycles. The summed E-state index contributed by atoms with van der Waals surface area (Å²) < 4.78 is 0. The topological polar surface area (TPSA) is 61.9 Å². The van der Waals surface area contributed by atoms with E-state index in [1.54, 1.807) is 11.9 Å². The Morgan fingerprint density at radius 3 is 3.00 bits per heavy atom. The van der Waals surface area contributed by atoms with Crippen LogP contribution in [-0.4, -0.2) is 33.0 Å². The number of rotatable bonds is 3. The fourth-order valence-corrected chi connectivity index (χ4v) is 2.53. The van der Waals surface area contributed by atoms with Crippen molar-refractivity contribution in [3.63, 3.8) is 0 Å². The lowest BCUT2D eigenvalue weighted by molar-refractivity contribution is 0.0781. The maximum atomic E-state index is 12.3. The van der Waals surface area contributed by atoms with Crippen LogP contribution in [0.4, 0.5) is 0 Å². The summed E-state index contributed by atoms with van der Waals surface area (Å²) in [7, 11) is 1.78. The molecule has 1 heterocycles. The third-order valence-corrected chi connectivity index (χ3v) is 3.54. The fraction of sp³-hybridized carbons (Fsp3) is 0.357.